The van der Waals surface area contributed by atoms with E-state index >= 15 is 0 Å². The molecule has 1 aliphatic heterocycles. The lowest BCUT2D eigenvalue weighted by Gasteiger charge is -2.25. The third kappa shape index (κ3) is 4.02. The number of hydrogen-bond donors (Lipinski definition) is 2. The van der Waals surface area contributed by atoms with Gasteiger partial charge in [-0.3, -0.25) is 14.3 Å². The second-order valence-corrected chi connectivity index (χ2v) is 9.38. The number of H-pyrrole nitrogens is 1. The minimum atomic E-state index is -3.71. The number of piperidine rings is 1. The highest BCUT2D eigenvalue weighted by molar-refractivity contribution is 7.89. The van der Waals surface area contributed by atoms with Crippen LogP contribution in [0.2, 0.25) is 0 Å². The quantitative estimate of drug-likeness (QED) is 0.636. The highest BCUT2D eigenvalue weighted by atomic mass is 32.2. The van der Waals surface area contributed by atoms with Crippen molar-refractivity contribution in [1.82, 2.24) is 14.4 Å². The molecule has 0 atom stereocenters. The van der Waals surface area contributed by atoms with Crippen LogP contribution in [-0.2, 0) is 10.0 Å². The maximum atomic E-state index is 13.0. The van der Waals surface area contributed by atoms with E-state index in [9.17, 15) is 18.0 Å². The molecule has 4 rings (SSSR count). The molecule has 1 aromatic carbocycles. The van der Waals surface area contributed by atoms with Crippen LogP contribution in [0.5, 0.6) is 0 Å². The third-order valence-corrected chi connectivity index (χ3v) is 7.59. The summed E-state index contributed by atoms with van der Waals surface area (Å²) in [4.78, 5) is 26.5. The molecule has 0 saturated carbocycles. The van der Waals surface area contributed by atoms with Crippen molar-refractivity contribution in [2.75, 3.05) is 18.4 Å². The predicted molar refractivity (Wildman–Crippen MR) is 107 cm³/mol. The summed E-state index contributed by atoms with van der Waals surface area (Å²) in [5.41, 5.74) is 0.979. The summed E-state index contributed by atoms with van der Waals surface area (Å²) in [5, 5.41) is 7.93. The molecule has 0 unspecified atom stereocenters. The van der Waals surface area contributed by atoms with Crippen molar-refractivity contribution in [2.45, 2.75) is 24.2 Å². The molecule has 3 aromatic rings. The van der Waals surface area contributed by atoms with Crippen LogP contribution in [0.1, 0.15) is 28.9 Å². The molecule has 1 saturated heterocycles. The van der Waals surface area contributed by atoms with Gasteiger partial charge in [0, 0.05) is 24.3 Å². The summed E-state index contributed by atoms with van der Waals surface area (Å²) < 4.78 is 31.9. The van der Waals surface area contributed by atoms with Crippen LogP contribution < -0.4 is 11.1 Å². The number of rotatable bonds is 5. The Bertz CT molecular complexity index is 1190. The fourth-order valence-electron chi connectivity index (χ4n) is 3.20. The molecule has 9 nitrogen and oxygen atoms in total. The lowest BCUT2D eigenvalue weighted by molar-refractivity contribution is 0.102. The SMILES string of the molecule is O=C(Nc1cccc(-c2noc(=O)[nH]2)c1)c1sccc1S(=O)(=O)N1CCCCC1. The molecule has 0 bridgehead atoms. The van der Waals surface area contributed by atoms with Crippen molar-refractivity contribution in [2.24, 2.45) is 0 Å². The average molecular weight is 434 g/mol. The van der Waals surface area contributed by atoms with Crippen LogP contribution in [0.25, 0.3) is 11.4 Å². The summed E-state index contributed by atoms with van der Waals surface area (Å²) in [7, 11) is -3.71. The number of hydrogen-bond acceptors (Lipinski definition) is 7. The zero-order valence-corrected chi connectivity index (χ0v) is 16.9. The van der Waals surface area contributed by atoms with Crippen molar-refractivity contribution in [3.8, 4) is 11.4 Å². The van der Waals surface area contributed by atoms with Crippen LogP contribution in [0.15, 0.2) is 49.9 Å². The highest BCUT2D eigenvalue weighted by Crippen LogP contribution is 2.28. The second-order valence-electron chi connectivity index (χ2n) is 6.56. The van der Waals surface area contributed by atoms with Crippen LogP contribution in [0, 0.1) is 0 Å². The van der Waals surface area contributed by atoms with Gasteiger partial charge in [0.25, 0.3) is 5.91 Å². The van der Waals surface area contributed by atoms with Gasteiger partial charge in [0.1, 0.15) is 9.77 Å². The Balaban J connectivity index is 1.58. The average Bonchev–Trinajstić information content (AvgIpc) is 3.38. The smallest absolute Gasteiger partial charge is 0.321 e. The number of sulfonamides is 1. The number of benzene rings is 1. The van der Waals surface area contributed by atoms with E-state index in [4.69, 9.17) is 0 Å². The maximum absolute atomic E-state index is 13.0. The van der Waals surface area contributed by atoms with Gasteiger partial charge in [-0.15, -0.1) is 11.3 Å². The van der Waals surface area contributed by atoms with Gasteiger partial charge in [-0.2, -0.15) is 4.31 Å². The Hall–Kier alpha value is -2.76. The molecule has 152 valence electrons. The lowest BCUT2D eigenvalue weighted by Crippen LogP contribution is -2.36. The first-order valence-corrected chi connectivity index (χ1v) is 11.3. The largest absolute Gasteiger partial charge is 0.439 e. The zero-order chi connectivity index (χ0) is 20.4. The van der Waals surface area contributed by atoms with E-state index in [1.807, 2.05) is 0 Å². The normalized spacial score (nSPS) is 15.3. The van der Waals surface area contributed by atoms with Gasteiger partial charge < -0.3 is 5.32 Å². The Morgan fingerprint density at radius 1 is 1.21 bits per heavy atom. The molecule has 0 radical (unpaired) electrons. The summed E-state index contributed by atoms with van der Waals surface area (Å²) in [5.74, 6) is -0.961. The Morgan fingerprint density at radius 2 is 2.00 bits per heavy atom. The minimum Gasteiger partial charge on any atom is -0.321 e. The molecule has 11 heteroatoms. The van der Waals surface area contributed by atoms with Gasteiger partial charge >= 0.3 is 5.76 Å². The molecule has 2 N–H and O–H groups in total. The number of aromatic nitrogens is 2. The van der Waals surface area contributed by atoms with Crippen molar-refractivity contribution in [3.05, 3.63) is 51.1 Å². The molecule has 1 aliphatic rings. The lowest BCUT2D eigenvalue weighted by atomic mass is 10.2. The van der Waals surface area contributed by atoms with Gasteiger partial charge in [-0.1, -0.05) is 23.7 Å². The molecule has 3 heterocycles. The first-order chi connectivity index (χ1) is 13.9. The van der Waals surface area contributed by atoms with Gasteiger partial charge in [-0.05, 0) is 36.4 Å². The van der Waals surface area contributed by atoms with E-state index in [1.165, 1.54) is 10.4 Å². The molecule has 2 aromatic heterocycles. The summed E-state index contributed by atoms with van der Waals surface area (Å²) in [6.07, 6.45) is 2.65. The van der Waals surface area contributed by atoms with Gasteiger partial charge in [-0.25, -0.2) is 13.2 Å². The summed E-state index contributed by atoms with van der Waals surface area (Å²) in [6, 6.07) is 8.11. The molecular formula is C18H18N4O5S2. The molecule has 29 heavy (non-hydrogen) atoms. The second kappa shape index (κ2) is 7.93. The van der Waals surface area contributed by atoms with Crippen molar-refractivity contribution in [3.63, 3.8) is 0 Å². The van der Waals surface area contributed by atoms with E-state index < -0.39 is 21.7 Å². The summed E-state index contributed by atoms with van der Waals surface area (Å²) in [6.45, 7) is 0.939. The van der Waals surface area contributed by atoms with E-state index in [1.54, 1.807) is 29.6 Å². The highest BCUT2D eigenvalue weighted by Gasteiger charge is 2.31. The number of carbonyl (C=O) groups is 1. The van der Waals surface area contributed by atoms with Gasteiger partial charge in [0.15, 0.2) is 5.82 Å². The summed E-state index contributed by atoms with van der Waals surface area (Å²) >= 11 is 1.08. The first kappa shape index (κ1) is 19.6. The van der Waals surface area contributed by atoms with E-state index in [2.05, 4.69) is 20.0 Å². The maximum Gasteiger partial charge on any atom is 0.439 e. The van der Waals surface area contributed by atoms with E-state index in [-0.39, 0.29) is 15.6 Å². The number of nitrogens with one attached hydrogen (secondary N) is 2. The van der Waals surface area contributed by atoms with Gasteiger partial charge in [0.05, 0.1) is 0 Å². The minimum absolute atomic E-state index is 0.0267. The Kier molecular flexibility index (Phi) is 5.35. The molecule has 0 aliphatic carbocycles. The number of carbonyl (C=O) groups excluding carboxylic acids is 1. The van der Waals surface area contributed by atoms with Crippen LogP contribution in [-0.4, -0.2) is 41.9 Å². The number of anilines is 1. The standard InChI is InChI=1S/C18H18N4O5S2/c23-17(19-13-6-4-5-12(11-13)16-20-18(24)27-21-16)15-14(7-10-28-15)29(25,26)22-8-2-1-3-9-22/h4-7,10-11H,1-3,8-9H2,(H,19,23)(H,20,21,24). The fraction of sp³-hybridized carbons (Fsp3) is 0.278. The first-order valence-electron chi connectivity index (χ1n) is 9.00. The Labute approximate surface area is 170 Å². The molecule has 1 fully saturated rings. The van der Waals surface area contributed by atoms with Crippen molar-refractivity contribution >= 4 is 33.0 Å². The third-order valence-electron chi connectivity index (χ3n) is 4.60. The number of amides is 1. The van der Waals surface area contributed by atoms with Crippen LogP contribution >= 0.6 is 11.3 Å². The van der Waals surface area contributed by atoms with Crippen LogP contribution in [0.3, 0.4) is 0 Å². The van der Waals surface area contributed by atoms with Crippen molar-refractivity contribution < 1.29 is 17.7 Å². The fourth-order valence-corrected chi connectivity index (χ4v) is 6.01. The van der Waals surface area contributed by atoms with Crippen LogP contribution in [0.4, 0.5) is 5.69 Å². The molecular weight excluding hydrogens is 416 g/mol. The zero-order valence-electron chi connectivity index (χ0n) is 15.3. The monoisotopic (exact) mass is 434 g/mol. The van der Waals surface area contributed by atoms with Gasteiger partial charge in [0.2, 0.25) is 10.0 Å². The van der Waals surface area contributed by atoms with E-state index in [0.29, 0.717) is 24.3 Å². The molecule has 0 spiro atoms. The number of aromatic amines is 1. The van der Waals surface area contributed by atoms with Crippen molar-refractivity contribution in [1.29, 1.82) is 0 Å². The van der Waals surface area contributed by atoms with E-state index in [0.717, 1.165) is 30.6 Å². The number of thiophene rings is 1. The molecule has 1 amide bonds. The Morgan fingerprint density at radius 3 is 2.72 bits per heavy atom. The predicted octanol–water partition coefficient (Wildman–Crippen LogP) is 2.52. The number of nitrogens with zero attached hydrogens (tertiary/aromatic N) is 2. The topological polar surface area (TPSA) is 125 Å².